The lowest BCUT2D eigenvalue weighted by Crippen LogP contribution is -2.38. The topological polar surface area (TPSA) is 55.9 Å². The van der Waals surface area contributed by atoms with E-state index in [9.17, 15) is 0 Å². The minimum Gasteiger partial charge on any atom is -0.271 e. The Morgan fingerprint density at radius 2 is 1.86 bits per heavy atom. The van der Waals surface area contributed by atoms with Gasteiger partial charge in [0.25, 0.3) is 0 Å². The molecule has 1 aromatic carbocycles. The van der Waals surface area contributed by atoms with Crippen LogP contribution in [0, 0.1) is 0 Å². The van der Waals surface area contributed by atoms with Crippen LogP contribution in [0.4, 0.5) is 0 Å². The highest BCUT2D eigenvalue weighted by atomic mass is 35.5. The van der Waals surface area contributed by atoms with E-state index < -0.39 is 0 Å². The van der Waals surface area contributed by atoms with Crippen LogP contribution in [0.5, 0.6) is 0 Å². The average molecular weight is 327 g/mol. The molecule has 0 aliphatic rings. The molecule has 0 fully saturated rings. The van der Waals surface area contributed by atoms with E-state index in [4.69, 9.17) is 29.0 Å². The van der Waals surface area contributed by atoms with Gasteiger partial charge in [-0.25, -0.2) is 0 Å². The van der Waals surface area contributed by atoms with Crippen molar-refractivity contribution >= 4 is 23.2 Å². The van der Waals surface area contributed by atoms with Crippen LogP contribution < -0.4 is 11.3 Å². The summed E-state index contributed by atoms with van der Waals surface area (Å²) in [4.78, 5) is 0. The fourth-order valence-corrected chi connectivity index (χ4v) is 2.74. The molecule has 21 heavy (non-hydrogen) atoms. The van der Waals surface area contributed by atoms with Crippen molar-refractivity contribution < 1.29 is 0 Å². The Balaban J connectivity index is 2.09. The van der Waals surface area contributed by atoms with Gasteiger partial charge in [-0.05, 0) is 44.0 Å². The van der Waals surface area contributed by atoms with Gasteiger partial charge in [-0.3, -0.25) is 16.0 Å². The van der Waals surface area contributed by atoms with E-state index in [1.807, 2.05) is 35.1 Å². The van der Waals surface area contributed by atoms with Gasteiger partial charge in [-0.1, -0.05) is 29.3 Å². The lowest BCUT2D eigenvalue weighted by atomic mass is 10.0. The first-order valence-corrected chi connectivity index (χ1v) is 7.70. The Hall–Kier alpha value is -1.07. The van der Waals surface area contributed by atoms with Crippen molar-refractivity contribution in [1.29, 1.82) is 0 Å². The number of nitrogens with two attached hydrogens (primary N) is 1. The van der Waals surface area contributed by atoms with Gasteiger partial charge in [-0.15, -0.1) is 0 Å². The van der Waals surface area contributed by atoms with Crippen LogP contribution in [0.1, 0.15) is 31.1 Å². The Bertz CT molecular complexity index is 575. The Labute approximate surface area is 135 Å². The first-order valence-electron chi connectivity index (χ1n) is 6.94. The number of nitrogens with zero attached hydrogens (tertiary/aromatic N) is 2. The maximum absolute atomic E-state index is 6.21. The molecule has 1 atom stereocenters. The van der Waals surface area contributed by atoms with Gasteiger partial charge in [0.15, 0.2) is 0 Å². The summed E-state index contributed by atoms with van der Waals surface area (Å²) in [5.74, 6) is 5.66. The second-order valence-electron chi connectivity index (χ2n) is 5.35. The maximum Gasteiger partial charge on any atom is 0.0640 e. The zero-order valence-corrected chi connectivity index (χ0v) is 13.7. The van der Waals surface area contributed by atoms with E-state index in [0.717, 1.165) is 17.7 Å². The summed E-state index contributed by atoms with van der Waals surface area (Å²) in [6.07, 6.45) is 3.36. The van der Waals surface area contributed by atoms with Crippen molar-refractivity contribution in [3.8, 4) is 0 Å². The van der Waals surface area contributed by atoms with Gasteiger partial charge in [0, 0.05) is 34.7 Å². The van der Waals surface area contributed by atoms with Crippen molar-refractivity contribution in [2.45, 2.75) is 38.8 Å². The van der Waals surface area contributed by atoms with E-state index in [-0.39, 0.29) is 6.04 Å². The molecular weight excluding hydrogens is 307 g/mol. The van der Waals surface area contributed by atoms with Crippen LogP contribution in [0.2, 0.25) is 10.0 Å². The second kappa shape index (κ2) is 7.27. The van der Waals surface area contributed by atoms with Crippen LogP contribution in [0.25, 0.3) is 0 Å². The van der Waals surface area contributed by atoms with Gasteiger partial charge in [0.1, 0.15) is 0 Å². The number of halogens is 2. The SMILES string of the molecule is CC(C)n1ccc(CC(Cc2c(Cl)cccc2Cl)NN)n1. The molecule has 0 aliphatic carbocycles. The molecule has 6 heteroatoms. The molecule has 1 aromatic heterocycles. The van der Waals surface area contributed by atoms with Crippen LogP contribution in [0.3, 0.4) is 0 Å². The number of rotatable bonds is 6. The normalized spacial score (nSPS) is 12.9. The molecule has 2 rings (SSSR count). The van der Waals surface area contributed by atoms with Crippen molar-refractivity contribution in [1.82, 2.24) is 15.2 Å². The van der Waals surface area contributed by atoms with Crippen molar-refractivity contribution in [2.75, 3.05) is 0 Å². The summed E-state index contributed by atoms with van der Waals surface area (Å²) in [6, 6.07) is 7.90. The quantitative estimate of drug-likeness (QED) is 0.632. The van der Waals surface area contributed by atoms with Gasteiger partial charge in [-0.2, -0.15) is 5.10 Å². The highest BCUT2D eigenvalue weighted by Gasteiger charge is 2.15. The van der Waals surface area contributed by atoms with E-state index in [1.165, 1.54) is 0 Å². The third-order valence-electron chi connectivity index (χ3n) is 3.40. The maximum atomic E-state index is 6.21. The Morgan fingerprint density at radius 1 is 1.19 bits per heavy atom. The third-order valence-corrected chi connectivity index (χ3v) is 4.10. The molecule has 0 radical (unpaired) electrons. The van der Waals surface area contributed by atoms with E-state index in [0.29, 0.717) is 22.5 Å². The first-order chi connectivity index (χ1) is 10.0. The monoisotopic (exact) mass is 326 g/mol. The highest BCUT2D eigenvalue weighted by molar-refractivity contribution is 6.36. The zero-order valence-electron chi connectivity index (χ0n) is 12.2. The predicted molar refractivity (Wildman–Crippen MR) is 87.6 cm³/mol. The lowest BCUT2D eigenvalue weighted by Gasteiger charge is -2.16. The van der Waals surface area contributed by atoms with Crippen LogP contribution in [0.15, 0.2) is 30.5 Å². The fraction of sp³-hybridized carbons (Fsp3) is 0.400. The minimum atomic E-state index is 0.0258. The molecule has 0 bridgehead atoms. The molecular formula is C15H20Cl2N4. The van der Waals surface area contributed by atoms with E-state index >= 15 is 0 Å². The van der Waals surface area contributed by atoms with Crippen molar-refractivity contribution in [3.05, 3.63) is 51.8 Å². The molecule has 0 spiro atoms. The van der Waals surface area contributed by atoms with Crippen LogP contribution in [-0.2, 0) is 12.8 Å². The molecule has 3 N–H and O–H groups in total. The number of hydrazine groups is 1. The zero-order chi connectivity index (χ0) is 15.4. The lowest BCUT2D eigenvalue weighted by molar-refractivity contribution is 0.495. The molecule has 2 aromatic rings. The summed E-state index contributed by atoms with van der Waals surface area (Å²) in [5, 5.41) is 5.86. The van der Waals surface area contributed by atoms with Crippen LogP contribution >= 0.6 is 23.2 Å². The van der Waals surface area contributed by atoms with Gasteiger partial charge in [0.05, 0.1) is 5.69 Å². The molecule has 114 valence electrons. The van der Waals surface area contributed by atoms with Crippen molar-refractivity contribution in [2.24, 2.45) is 5.84 Å². The molecule has 0 aliphatic heterocycles. The standard InChI is InChI=1S/C15H20Cl2N4/c1-10(2)21-7-6-11(20-21)8-12(19-18)9-13-14(16)4-3-5-15(13)17/h3-7,10,12,19H,8-9,18H2,1-2H3. The van der Waals surface area contributed by atoms with Crippen LogP contribution in [-0.4, -0.2) is 15.8 Å². The molecule has 0 amide bonds. The van der Waals surface area contributed by atoms with E-state index in [2.05, 4.69) is 24.4 Å². The predicted octanol–water partition coefficient (Wildman–Crippen LogP) is 3.39. The van der Waals surface area contributed by atoms with Gasteiger partial charge in [0.2, 0.25) is 0 Å². The summed E-state index contributed by atoms with van der Waals surface area (Å²) in [6.45, 7) is 4.19. The van der Waals surface area contributed by atoms with Gasteiger partial charge >= 0.3 is 0 Å². The summed E-state index contributed by atoms with van der Waals surface area (Å²) >= 11 is 12.4. The Morgan fingerprint density at radius 3 is 2.38 bits per heavy atom. The van der Waals surface area contributed by atoms with Crippen molar-refractivity contribution in [3.63, 3.8) is 0 Å². The Kier molecular flexibility index (Phi) is 5.65. The summed E-state index contributed by atoms with van der Waals surface area (Å²) in [7, 11) is 0. The first kappa shape index (κ1) is 16.3. The molecule has 4 nitrogen and oxygen atoms in total. The minimum absolute atomic E-state index is 0.0258. The summed E-state index contributed by atoms with van der Waals surface area (Å²) < 4.78 is 1.94. The number of aromatic nitrogens is 2. The highest BCUT2D eigenvalue weighted by Crippen LogP contribution is 2.26. The smallest absolute Gasteiger partial charge is 0.0640 e. The second-order valence-corrected chi connectivity index (χ2v) is 6.17. The molecule has 1 unspecified atom stereocenters. The third kappa shape index (κ3) is 4.20. The largest absolute Gasteiger partial charge is 0.271 e. The number of hydrogen-bond donors (Lipinski definition) is 2. The number of nitrogens with one attached hydrogen (secondary N) is 1. The number of benzene rings is 1. The number of hydrogen-bond acceptors (Lipinski definition) is 3. The van der Waals surface area contributed by atoms with Gasteiger partial charge < -0.3 is 0 Å². The van der Waals surface area contributed by atoms with E-state index in [1.54, 1.807) is 0 Å². The molecule has 1 heterocycles. The molecule has 0 saturated heterocycles. The fourth-order valence-electron chi connectivity index (χ4n) is 2.19. The summed E-state index contributed by atoms with van der Waals surface area (Å²) in [5.41, 5.74) is 4.73. The molecule has 0 saturated carbocycles. The average Bonchev–Trinajstić information content (AvgIpc) is 2.90.